The first kappa shape index (κ1) is 51.5. The van der Waals surface area contributed by atoms with Gasteiger partial charge in [0.1, 0.15) is 0 Å². The fraction of sp³-hybridized carbons (Fsp3) is 0.211. The smallest absolute Gasteiger partial charge is 0.252 e. The largest absolute Gasteiger partial charge is 0.311 e. The molecule has 0 aromatic heterocycles. The van der Waals surface area contributed by atoms with Crippen LogP contribution in [0.5, 0.6) is 0 Å². The fourth-order valence-electron chi connectivity index (χ4n) is 12.7. The summed E-state index contributed by atoms with van der Waals surface area (Å²) in [7, 11) is 0. The molecule has 0 saturated heterocycles. The van der Waals surface area contributed by atoms with Crippen LogP contribution in [0.15, 0.2) is 188 Å². The van der Waals surface area contributed by atoms with Gasteiger partial charge in [0, 0.05) is 45.3 Å². The fourth-order valence-corrected chi connectivity index (χ4v) is 12.7. The van der Waals surface area contributed by atoms with Crippen molar-refractivity contribution < 1.29 is 0 Å². The van der Waals surface area contributed by atoms with E-state index in [-0.39, 0.29) is 28.4 Å². The van der Waals surface area contributed by atoms with Gasteiger partial charge < -0.3 is 9.80 Å². The molecule has 0 radical (unpaired) electrons. The van der Waals surface area contributed by atoms with E-state index in [9.17, 15) is 5.26 Å². The molecule has 0 unspecified atom stereocenters. The van der Waals surface area contributed by atoms with Gasteiger partial charge in [-0.25, -0.2) is 4.85 Å². The number of benzene rings is 11. The van der Waals surface area contributed by atoms with Gasteiger partial charge >= 0.3 is 0 Å². The summed E-state index contributed by atoms with van der Waals surface area (Å²) in [5.41, 5.74) is 18.5. The molecule has 394 valence electrons. The highest BCUT2D eigenvalue weighted by molar-refractivity contribution is 7.00. The third-order valence-corrected chi connectivity index (χ3v) is 17.3. The lowest BCUT2D eigenvalue weighted by Crippen LogP contribution is -2.61. The molecule has 0 amide bonds. The average molecular weight is 1050 g/mol. The van der Waals surface area contributed by atoms with Crippen LogP contribution in [0.25, 0.3) is 70.2 Å². The minimum Gasteiger partial charge on any atom is -0.311 e. The van der Waals surface area contributed by atoms with Crippen molar-refractivity contribution in [2.75, 3.05) is 9.80 Å². The summed E-state index contributed by atoms with van der Waals surface area (Å²) < 4.78 is 0. The molecule has 2 aliphatic heterocycles. The summed E-state index contributed by atoms with van der Waals surface area (Å²) in [5, 5.41) is 20.9. The van der Waals surface area contributed by atoms with Crippen LogP contribution in [-0.2, 0) is 21.7 Å². The second-order valence-corrected chi connectivity index (χ2v) is 27.0. The quantitative estimate of drug-likeness (QED) is 0.100. The maximum atomic E-state index is 11.4. The lowest BCUT2D eigenvalue weighted by Gasteiger charge is -2.45. The van der Waals surface area contributed by atoms with Gasteiger partial charge in [-0.1, -0.05) is 186 Å². The lowest BCUT2D eigenvalue weighted by atomic mass is 9.33. The summed E-state index contributed by atoms with van der Waals surface area (Å²) in [4.78, 5) is 9.39. The Bertz CT molecular complexity index is 4210. The Balaban J connectivity index is 1.24. The van der Waals surface area contributed by atoms with Crippen molar-refractivity contribution >= 4 is 106 Å². The molecule has 2 heterocycles. The minimum absolute atomic E-state index is 0.169. The van der Waals surface area contributed by atoms with Gasteiger partial charge in [-0.2, -0.15) is 5.26 Å². The summed E-state index contributed by atoms with van der Waals surface area (Å²) in [6, 6.07) is 72.5. The van der Waals surface area contributed by atoms with E-state index in [0.717, 1.165) is 61.6 Å². The van der Waals surface area contributed by atoms with Crippen LogP contribution in [0.2, 0.25) is 0 Å². The SMILES string of the molecule is [C-]#[N+]c1cc(-c2ccccc2)cc(C#N)c1-c1cc2c3c(c1)N(c1cc(C(C)(C)C)cc(C(C)(C)C)c1)c1cc4cc5ccccc5cc4cc1B3c1cc3cc4ccccc4cc3cc1N2c1cc(C(C)(C)C)cc(C(C)(C)C)c1. The van der Waals surface area contributed by atoms with Gasteiger partial charge in [-0.3, -0.25) is 0 Å². The number of anilines is 6. The van der Waals surface area contributed by atoms with Gasteiger partial charge in [-0.05, 0) is 205 Å². The van der Waals surface area contributed by atoms with Gasteiger partial charge in [-0.15, -0.1) is 0 Å². The molecule has 0 aliphatic carbocycles. The van der Waals surface area contributed by atoms with Crippen molar-refractivity contribution in [2.45, 2.75) is 105 Å². The summed E-state index contributed by atoms with van der Waals surface area (Å²) in [6.45, 7) is 36.5. The first-order valence-corrected chi connectivity index (χ1v) is 28.6. The zero-order chi connectivity index (χ0) is 56.7. The number of nitrogens with zero attached hydrogens (tertiary/aromatic N) is 4. The van der Waals surface area contributed by atoms with Gasteiger partial charge in [0.2, 0.25) is 0 Å². The predicted molar refractivity (Wildman–Crippen MR) is 347 cm³/mol. The van der Waals surface area contributed by atoms with Gasteiger partial charge in [0.15, 0.2) is 5.69 Å². The van der Waals surface area contributed by atoms with Crippen molar-refractivity contribution in [3.63, 3.8) is 0 Å². The van der Waals surface area contributed by atoms with E-state index in [1.165, 1.54) is 71.0 Å². The van der Waals surface area contributed by atoms with Crippen molar-refractivity contribution in [3.8, 4) is 28.3 Å². The number of fused-ring (bicyclic) bond motifs is 8. The Labute approximate surface area is 478 Å². The Morgan fingerprint density at radius 2 is 0.765 bits per heavy atom. The molecule has 2 aliphatic rings. The average Bonchev–Trinajstić information content (AvgIpc) is 3.62. The predicted octanol–water partition coefficient (Wildman–Crippen LogP) is 19.3. The Kier molecular flexibility index (Phi) is 11.7. The molecule has 0 N–H and O–H groups in total. The van der Waals surface area contributed by atoms with Crippen LogP contribution in [-0.4, -0.2) is 6.71 Å². The Morgan fingerprint density at radius 1 is 0.383 bits per heavy atom. The van der Waals surface area contributed by atoms with E-state index >= 15 is 0 Å². The monoisotopic (exact) mass is 1050 g/mol. The topological polar surface area (TPSA) is 34.6 Å². The molecule has 5 heteroatoms. The van der Waals surface area contributed by atoms with E-state index in [1.807, 2.05) is 42.5 Å². The molecule has 0 fully saturated rings. The van der Waals surface area contributed by atoms with Crippen LogP contribution in [0, 0.1) is 17.9 Å². The normalized spacial score (nSPS) is 13.3. The molecule has 0 saturated carbocycles. The highest BCUT2D eigenvalue weighted by Crippen LogP contribution is 2.51. The zero-order valence-corrected chi connectivity index (χ0v) is 48.8. The van der Waals surface area contributed by atoms with Crippen molar-refractivity contribution in [1.82, 2.24) is 0 Å². The minimum atomic E-state index is -0.217. The van der Waals surface area contributed by atoms with Crippen LogP contribution < -0.4 is 26.2 Å². The number of nitriles is 1. The maximum absolute atomic E-state index is 11.4. The molecular weight excluding hydrogens is 980 g/mol. The highest BCUT2D eigenvalue weighted by atomic mass is 15.2. The molecule has 11 aromatic rings. The summed E-state index contributed by atoms with van der Waals surface area (Å²) in [5.74, 6) is 0. The third kappa shape index (κ3) is 8.74. The summed E-state index contributed by atoms with van der Waals surface area (Å²) >= 11 is 0. The molecule has 0 atom stereocenters. The number of rotatable bonds is 4. The van der Waals surface area contributed by atoms with Crippen molar-refractivity contribution in [2.24, 2.45) is 0 Å². The van der Waals surface area contributed by atoms with Gasteiger partial charge in [0.25, 0.3) is 6.71 Å². The van der Waals surface area contributed by atoms with Crippen molar-refractivity contribution in [3.05, 3.63) is 227 Å². The Morgan fingerprint density at radius 3 is 1.14 bits per heavy atom. The number of hydrogen-bond donors (Lipinski definition) is 0. The third-order valence-electron chi connectivity index (χ3n) is 17.3. The molecule has 11 aromatic carbocycles. The van der Waals surface area contributed by atoms with E-state index in [1.54, 1.807) is 0 Å². The summed E-state index contributed by atoms with van der Waals surface area (Å²) in [6.07, 6.45) is 0. The van der Waals surface area contributed by atoms with Gasteiger partial charge in [0.05, 0.1) is 12.6 Å². The second kappa shape index (κ2) is 18.3. The highest BCUT2D eigenvalue weighted by Gasteiger charge is 2.45. The standard InChI is InChI=1S/C76H67BN4/c1-73(2,3)58-39-59(74(4,5)6)42-62(41-58)80-67-35-54-29-49-25-19-17-23-47(49)27-51(54)32-64(67)77-65-33-52-28-48-24-18-20-26-50(48)30-55(52)36-68(65)81(63-43-60(75(7,8)9)40-61(44-63)76(10,11)12)70-38-56(37-69(80)72(70)77)71-57(45-78)31-53(34-66(71)79-13)46-21-15-14-16-22-46/h14-44H,1-12H3. The molecule has 81 heavy (non-hydrogen) atoms. The first-order valence-electron chi connectivity index (χ1n) is 28.6. The van der Waals surface area contributed by atoms with Crippen LogP contribution in [0.4, 0.5) is 39.8 Å². The van der Waals surface area contributed by atoms with E-state index in [2.05, 4.69) is 249 Å². The van der Waals surface area contributed by atoms with E-state index in [0.29, 0.717) is 16.8 Å². The van der Waals surface area contributed by atoms with Crippen LogP contribution in [0.3, 0.4) is 0 Å². The van der Waals surface area contributed by atoms with Crippen LogP contribution in [0.1, 0.15) is 111 Å². The molecular formula is C76H67BN4. The first-order chi connectivity index (χ1) is 38.5. The van der Waals surface area contributed by atoms with E-state index in [4.69, 9.17) is 6.57 Å². The lowest BCUT2D eigenvalue weighted by molar-refractivity contribution is 0.568. The maximum Gasteiger partial charge on any atom is 0.252 e. The second-order valence-electron chi connectivity index (χ2n) is 27.0. The Hall–Kier alpha value is -8.90. The number of hydrogen-bond acceptors (Lipinski definition) is 3. The molecule has 4 nitrogen and oxygen atoms in total. The molecule has 0 spiro atoms. The zero-order valence-electron chi connectivity index (χ0n) is 48.8. The van der Waals surface area contributed by atoms with Crippen molar-refractivity contribution in [1.29, 1.82) is 5.26 Å². The molecule has 0 bridgehead atoms. The molecule has 13 rings (SSSR count). The van der Waals surface area contributed by atoms with Crippen LogP contribution >= 0.6 is 0 Å². The van der Waals surface area contributed by atoms with E-state index < -0.39 is 0 Å².